The van der Waals surface area contributed by atoms with E-state index in [2.05, 4.69) is 22.5 Å². The van der Waals surface area contributed by atoms with Crippen molar-refractivity contribution in [2.75, 3.05) is 6.54 Å². The van der Waals surface area contributed by atoms with Crippen LogP contribution in [0.3, 0.4) is 0 Å². The van der Waals surface area contributed by atoms with Crippen LogP contribution in [0.1, 0.15) is 30.8 Å². The summed E-state index contributed by atoms with van der Waals surface area (Å²) in [6, 6.07) is 1.47. The minimum atomic E-state index is -0.527. The fraction of sp³-hybridized carbons (Fsp3) is 0.583. The van der Waals surface area contributed by atoms with E-state index in [-0.39, 0.29) is 41.8 Å². The number of carbonyl (C=O) groups is 1. The van der Waals surface area contributed by atoms with Gasteiger partial charge in [0.05, 0.1) is 11.1 Å². The monoisotopic (exact) mass is 302 g/mol. The number of hydrogen-bond acceptors (Lipinski definition) is 4. The standard InChI is InChI=1S/C12H18N4O3.ClH/c1-7-3-4-13-8(2)11(7)15-12(17)10-5-9(6-14-10)16(18)19;/h5-8,11,13-14H,3-4H2,1-2H3,(H,15,17);1H. The molecule has 0 spiro atoms. The summed E-state index contributed by atoms with van der Waals surface area (Å²) in [5, 5.41) is 16.8. The van der Waals surface area contributed by atoms with Crippen molar-refractivity contribution in [1.29, 1.82) is 0 Å². The summed E-state index contributed by atoms with van der Waals surface area (Å²) in [5.41, 5.74) is 0.115. The Morgan fingerprint density at radius 1 is 1.50 bits per heavy atom. The van der Waals surface area contributed by atoms with Gasteiger partial charge in [-0.1, -0.05) is 6.92 Å². The molecule has 0 bridgehead atoms. The van der Waals surface area contributed by atoms with Crippen LogP contribution in [0.15, 0.2) is 12.3 Å². The third-order valence-corrected chi connectivity index (χ3v) is 3.64. The highest BCUT2D eigenvalue weighted by molar-refractivity contribution is 5.93. The SMILES string of the molecule is CC1CCNC(C)C1NC(=O)c1cc([N+](=O)[O-])c[nH]1.Cl. The second-order valence-corrected chi connectivity index (χ2v) is 5.04. The lowest BCUT2D eigenvalue weighted by Crippen LogP contribution is -2.55. The zero-order valence-electron chi connectivity index (χ0n) is 11.4. The molecule has 8 heteroatoms. The number of piperidine rings is 1. The highest BCUT2D eigenvalue weighted by Crippen LogP contribution is 2.17. The maximum absolute atomic E-state index is 12.0. The van der Waals surface area contributed by atoms with Crippen molar-refractivity contribution in [3.05, 3.63) is 28.1 Å². The number of aromatic amines is 1. The van der Waals surface area contributed by atoms with Gasteiger partial charge in [-0.25, -0.2) is 0 Å². The van der Waals surface area contributed by atoms with E-state index >= 15 is 0 Å². The number of H-pyrrole nitrogens is 1. The van der Waals surface area contributed by atoms with Crippen LogP contribution in [-0.2, 0) is 0 Å². The zero-order valence-corrected chi connectivity index (χ0v) is 12.2. The van der Waals surface area contributed by atoms with Crippen molar-refractivity contribution in [2.24, 2.45) is 5.92 Å². The molecule has 3 N–H and O–H groups in total. The van der Waals surface area contributed by atoms with Crippen LogP contribution in [0.2, 0.25) is 0 Å². The molecular weight excluding hydrogens is 284 g/mol. The van der Waals surface area contributed by atoms with E-state index in [0.717, 1.165) is 13.0 Å². The molecule has 112 valence electrons. The molecule has 2 heterocycles. The maximum atomic E-state index is 12.0. The van der Waals surface area contributed by atoms with Gasteiger partial charge < -0.3 is 15.6 Å². The number of nitrogens with zero attached hydrogens (tertiary/aromatic N) is 1. The smallest absolute Gasteiger partial charge is 0.287 e. The Bertz CT molecular complexity index is 481. The first-order valence-corrected chi connectivity index (χ1v) is 6.36. The van der Waals surface area contributed by atoms with Gasteiger partial charge in [-0.05, 0) is 25.8 Å². The van der Waals surface area contributed by atoms with E-state index in [9.17, 15) is 14.9 Å². The van der Waals surface area contributed by atoms with Gasteiger partial charge in [0, 0.05) is 18.2 Å². The summed E-state index contributed by atoms with van der Waals surface area (Å²) >= 11 is 0. The van der Waals surface area contributed by atoms with Crippen molar-refractivity contribution >= 4 is 24.0 Å². The first-order chi connectivity index (χ1) is 8.99. The van der Waals surface area contributed by atoms with Crippen molar-refractivity contribution in [3.8, 4) is 0 Å². The molecular formula is C12H19ClN4O3. The Morgan fingerprint density at radius 3 is 2.75 bits per heavy atom. The van der Waals surface area contributed by atoms with Crippen molar-refractivity contribution < 1.29 is 9.72 Å². The Morgan fingerprint density at radius 2 is 2.20 bits per heavy atom. The summed E-state index contributed by atoms with van der Waals surface area (Å²) in [7, 11) is 0. The van der Waals surface area contributed by atoms with Gasteiger partial charge in [0.15, 0.2) is 0 Å². The van der Waals surface area contributed by atoms with Gasteiger partial charge in [-0.15, -0.1) is 12.4 Å². The van der Waals surface area contributed by atoms with Gasteiger partial charge in [-0.2, -0.15) is 0 Å². The van der Waals surface area contributed by atoms with E-state index in [0.29, 0.717) is 5.92 Å². The average molecular weight is 303 g/mol. The predicted molar refractivity (Wildman–Crippen MR) is 77.2 cm³/mol. The molecule has 1 aliphatic heterocycles. The second kappa shape index (κ2) is 6.71. The van der Waals surface area contributed by atoms with Crippen LogP contribution in [0.5, 0.6) is 0 Å². The van der Waals surface area contributed by atoms with E-state index in [1.165, 1.54) is 12.3 Å². The summed E-state index contributed by atoms with van der Waals surface area (Å²) in [5.74, 6) is 0.0747. The third kappa shape index (κ3) is 3.49. The summed E-state index contributed by atoms with van der Waals surface area (Å²) < 4.78 is 0. The molecule has 1 fully saturated rings. The number of nitrogens with one attached hydrogen (secondary N) is 3. The fourth-order valence-corrected chi connectivity index (χ4v) is 2.45. The van der Waals surface area contributed by atoms with Crippen LogP contribution < -0.4 is 10.6 Å². The Kier molecular flexibility index (Phi) is 5.52. The van der Waals surface area contributed by atoms with Crippen molar-refractivity contribution in [1.82, 2.24) is 15.6 Å². The zero-order chi connectivity index (χ0) is 14.0. The molecule has 7 nitrogen and oxygen atoms in total. The van der Waals surface area contributed by atoms with E-state index in [1.54, 1.807) is 0 Å². The van der Waals surface area contributed by atoms with Gasteiger partial charge in [0.2, 0.25) is 0 Å². The minimum Gasteiger partial charge on any atom is -0.351 e. The summed E-state index contributed by atoms with van der Waals surface area (Å²) in [6.45, 7) is 5.07. The first kappa shape index (κ1) is 16.5. The van der Waals surface area contributed by atoms with Crippen LogP contribution in [0.25, 0.3) is 0 Å². The number of hydrogen-bond donors (Lipinski definition) is 3. The van der Waals surface area contributed by atoms with Crippen LogP contribution in [0, 0.1) is 16.0 Å². The number of rotatable bonds is 3. The molecule has 1 aromatic heterocycles. The molecule has 0 radical (unpaired) electrons. The first-order valence-electron chi connectivity index (χ1n) is 6.36. The molecule has 3 atom stereocenters. The van der Waals surface area contributed by atoms with Gasteiger partial charge in [0.25, 0.3) is 11.6 Å². The van der Waals surface area contributed by atoms with Crippen LogP contribution in [0.4, 0.5) is 5.69 Å². The molecule has 3 unspecified atom stereocenters. The highest BCUT2D eigenvalue weighted by atomic mass is 35.5. The number of aromatic nitrogens is 1. The normalized spacial score (nSPS) is 25.6. The Labute approximate surface area is 123 Å². The van der Waals surface area contributed by atoms with Crippen LogP contribution >= 0.6 is 12.4 Å². The quantitative estimate of drug-likeness (QED) is 0.581. The third-order valence-electron chi connectivity index (χ3n) is 3.64. The van der Waals surface area contributed by atoms with E-state index in [4.69, 9.17) is 0 Å². The fourth-order valence-electron chi connectivity index (χ4n) is 2.45. The largest absolute Gasteiger partial charge is 0.351 e. The van der Waals surface area contributed by atoms with Gasteiger partial charge in [0.1, 0.15) is 5.69 Å². The Balaban J connectivity index is 0.00000200. The number of carbonyl (C=O) groups excluding carboxylic acids is 1. The van der Waals surface area contributed by atoms with Crippen molar-refractivity contribution in [2.45, 2.75) is 32.4 Å². The highest BCUT2D eigenvalue weighted by Gasteiger charge is 2.29. The molecule has 20 heavy (non-hydrogen) atoms. The molecule has 1 saturated heterocycles. The number of nitro groups is 1. The lowest BCUT2D eigenvalue weighted by atomic mass is 9.89. The van der Waals surface area contributed by atoms with Gasteiger partial charge in [-0.3, -0.25) is 14.9 Å². The van der Waals surface area contributed by atoms with Crippen molar-refractivity contribution in [3.63, 3.8) is 0 Å². The topological polar surface area (TPSA) is 100 Å². The molecule has 1 aromatic rings. The van der Waals surface area contributed by atoms with E-state index in [1.807, 2.05) is 6.92 Å². The predicted octanol–water partition coefficient (Wildman–Crippen LogP) is 1.46. The Hall–Kier alpha value is -1.60. The molecule has 0 aromatic carbocycles. The average Bonchev–Trinajstić information content (AvgIpc) is 2.83. The van der Waals surface area contributed by atoms with Gasteiger partial charge >= 0.3 is 0 Å². The lowest BCUT2D eigenvalue weighted by Gasteiger charge is -2.35. The number of amides is 1. The minimum absolute atomic E-state index is 0. The molecule has 1 aliphatic rings. The molecule has 1 amide bonds. The molecule has 0 aliphatic carbocycles. The maximum Gasteiger partial charge on any atom is 0.287 e. The number of halogens is 1. The molecule has 0 saturated carbocycles. The van der Waals surface area contributed by atoms with Crippen LogP contribution in [-0.4, -0.2) is 34.4 Å². The summed E-state index contributed by atoms with van der Waals surface area (Å²) in [4.78, 5) is 24.7. The second-order valence-electron chi connectivity index (χ2n) is 5.04. The molecule has 2 rings (SSSR count). The summed E-state index contributed by atoms with van der Waals surface area (Å²) in [6.07, 6.45) is 2.22. The van der Waals surface area contributed by atoms with E-state index < -0.39 is 4.92 Å². The lowest BCUT2D eigenvalue weighted by molar-refractivity contribution is -0.384.